The highest BCUT2D eigenvalue weighted by Gasteiger charge is 2.61. The quantitative estimate of drug-likeness (QED) is 0.520. The van der Waals surface area contributed by atoms with Crippen molar-refractivity contribution in [1.82, 2.24) is 20.4 Å². The standard InChI is InChI=1S/C27H34F3N5O4/c1-25(2,3)20(33-24(39)27(28,29)30)22(37)34-12-17-14-5-6-15(9-14)18(17)19(34)21(36)35-13-26(10-16(35)11-31)7-4-8-32-23(26)38/h5-6,14-20H,4,7-10,12-13H2,1-3H3,(H,32,38)(H,33,39). The minimum Gasteiger partial charge on any atom is -0.356 e. The van der Waals surface area contributed by atoms with Crippen molar-refractivity contribution in [1.29, 1.82) is 5.26 Å². The van der Waals surface area contributed by atoms with E-state index in [1.54, 1.807) is 20.8 Å². The van der Waals surface area contributed by atoms with Crippen molar-refractivity contribution in [2.75, 3.05) is 19.6 Å². The Bertz CT molecular complexity index is 1160. The lowest BCUT2D eigenvalue weighted by atomic mass is 9.78. The van der Waals surface area contributed by atoms with Crippen LogP contribution in [-0.2, 0) is 19.2 Å². The van der Waals surface area contributed by atoms with Gasteiger partial charge in [-0.2, -0.15) is 18.4 Å². The number of nitrogens with zero attached hydrogens (tertiary/aromatic N) is 3. The highest BCUT2D eigenvalue weighted by Crippen LogP contribution is 2.55. The van der Waals surface area contributed by atoms with Crippen LogP contribution in [-0.4, -0.2) is 77.4 Å². The second kappa shape index (κ2) is 9.24. The van der Waals surface area contributed by atoms with E-state index in [4.69, 9.17) is 0 Å². The van der Waals surface area contributed by atoms with Crippen molar-refractivity contribution in [3.05, 3.63) is 12.2 Å². The van der Waals surface area contributed by atoms with E-state index in [9.17, 15) is 37.6 Å². The number of carbonyl (C=O) groups excluding carboxylic acids is 4. The zero-order chi connectivity index (χ0) is 28.5. The van der Waals surface area contributed by atoms with E-state index < -0.39 is 52.9 Å². The van der Waals surface area contributed by atoms with E-state index in [-0.39, 0.29) is 49.1 Å². The number of nitriles is 1. The lowest BCUT2D eigenvalue weighted by Gasteiger charge is -2.38. The Morgan fingerprint density at radius 1 is 1.18 bits per heavy atom. The first-order valence-electron chi connectivity index (χ1n) is 13.5. The van der Waals surface area contributed by atoms with Gasteiger partial charge in [0.25, 0.3) is 0 Å². The molecule has 0 aromatic carbocycles. The number of alkyl halides is 3. The Hall–Kier alpha value is -3.10. The number of carbonyl (C=O) groups is 4. The summed E-state index contributed by atoms with van der Waals surface area (Å²) in [6.07, 6.45) is 1.25. The van der Waals surface area contributed by atoms with E-state index in [0.29, 0.717) is 13.0 Å². The fourth-order valence-corrected chi connectivity index (χ4v) is 7.56. The van der Waals surface area contributed by atoms with Gasteiger partial charge in [0.05, 0.1) is 11.5 Å². The fourth-order valence-electron chi connectivity index (χ4n) is 7.56. The molecule has 0 aromatic heterocycles. The molecule has 12 heteroatoms. The molecule has 8 atom stereocenters. The monoisotopic (exact) mass is 549 g/mol. The maximum absolute atomic E-state index is 14.3. The minimum absolute atomic E-state index is 0.0275. The third-order valence-corrected chi connectivity index (χ3v) is 9.44. The van der Waals surface area contributed by atoms with Crippen molar-refractivity contribution < 1.29 is 32.3 Å². The van der Waals surface area contributed by atoms with Crippen molar-refractivity contribution in [2.24, 2.45) is 34.5 Å². The van der Waals surface area contributed by atoms with Crippen LogP contribution in [0.2, 0.25) is 0 Å². The zero-order valence-electron chi connectivity index (χ0n) is 22.3. The lowest BCUT2D eigenvalue weighted by Crippen LogP contribution is -2.60. The second-order valence-electron chi connectivity index (χ2n) is 12.9. The number of piperidine rings is 1. The van der Waals surface area contributed by atoms with Crippen LogP contribution in [0.25, 0.3) is 0 Å². The molecule has 0 radical (unpaired) electrons. The van der Waals surface area contributed by atoms with Crippen molar-refractivity contribution in [3.8, 4) is 6.07 Å². The Morgan fingerprint density at radius 3 is 2.49 bits per heavy atom. The summed E-state index contributed by atoms with van der Waals surface area (Å²) in [6.45, 7) is 5.45. The number of hydrogen-bond acceptors (Lipinski definition) is 5. The van der Waals surface area contributed by atoms with Crippen LogP contribution >= 0.6 is 0 Å². The normalized spacial score (nSPS) is 36.1. The summed E-state index contributed by atoms with van der Waals surface area (Å²) in [5, 5.41) is 14.7. The molecular formula is C27H34F3N5O4. The van der Waals surface area contributed by atoms with Gasteiger partial charge >= 0.3 is 12.1 Å². The number of halogens is 3. The van der Waals surface area contributed by atoms with Crippen LogP contribution in [0, 0.1) is 45.8 Å². The molecule has 3 heterocycles. The van der Waals surface area contributed by atoms with Gasteiger partial charge in [-0.25, -0.2) is 0 Å². The van der Waals surface area contributed by atoms with E-state index in [2.05, 4.69) is 17.5 Å². The second-order valence-corrected chi connectivity index (χ2v) is 12.9. The molecule has 3 saturated heterocycles. The SMILES string of the molecule is CC(C)(C)C(NC(=O)C(F)(F)F)C(=O)N1CC2C3C=CC(C3)C2C1C(=O)N1CC2(CCCNC2=O)CC1C#N. The van der Waals surface area contributed by atoms with E-state index >= 15 is 0 Å². The molecule has 2 N–H and O–H groups in total. The summed E-state index contributed by atoms with van der Waals surface area (Å²) < 4.78 is 39.5. The van der Waals surface area contributed by atoms with Gasteiger partial charge in [-0.05, 0) is 54.8 Å². The summed E-state index contributed by atoms with van der Waals surface area (Å²) in [4.78, 5) is 55.8. The smallest absolute Gasteiger partial charge is 0.356 e. The Morgan fingerprint density at radius 2 is 1.87 bits per heavy atom. The minimum atomic E-state index is -5.17. The lowest BCUT2D eigenvalue weighted by molar-refractivity contribution is -0.176. The highest BCUT2D eigenvalue weighted by atomic mass is 19.4. The molecule has 212 valence electrons. The molecule has 0 aromatic rings. The first-order chi connectivity index (χ1) is 18.2. The maximum atomic E-state index is 14.3. The first-order valence-corrected chi connectivity index (χ1v) is 13.5. The number of rotatable bonds is 3. The number of amides is 4. The van der Waals surface area contributed by atoms with Gasteiger partial charge in [0.1, 0.15) is 18.1 Å². The molecule has 39 heavy (non-hydrogen) atoms. The van der Waals surface area contributed by atoms with Gasteiger partial charge in [-0.15, -0.1) is 0 Å². The molecule has 1 saturated carbocycles. The van der Waals surface area contributed by atoms with Crippen LogP contribution in [0.3, 0.4) is 0 Å². The molecule has 8 unspecified atom stereocenters. The number of likely N-dealkylation sites (tertiary alicyclic amines) is 2. The number of allylic oxidation sites excluding steroid dienone is 2. The van der Waals surface area contributed by atoms with Crippen molar-refractivity contribution in [2.45, 2.75) is 70.8 Å². The van der Waals surface area contributed by atoms with Gasteiger partial charge in [-0.1, -0.05) is 32.9 Å². The van der Waals surface area contributed by atoms with Crippen molar-refractivity contribution in [3.63, 3.8) is 0 Å². The Kier molecular flexibility index (Phi) is 6.50. The fraction of sp³-hybridized carbons (Fsp3) is 0.741. The Labute approximate surface area is 225 Å². The predicted octanol–water partition coefficient (Wildman–Crippen LogP) is 1.75. The number of hydrogen-bond donors (Lipinski definition) is 2. The van der Waals surface area contributed by atoms with Crippen LogP contribution in [0.1, 0.15) is 46.5 Å². The van der Waals surface area contributed by atoms with Gasteiger partial charge in [-0.3, -0.25) is 19.2 Å². The van der Waals surface area contributed by atoms with Crippen LogP contribution < -0.4 is 10.6 Å². The maximum Gasteiger partial charge on any atom is 0.471 e. The topological polar surface area (TPSA) is 123 Å². The summed E-state index contributed by atoms with van der Waals surface area (Å²) in [5.41, 5.74) is -1.95. The molecule has 1 spiro atoms. The predicted molar refractivity (Wildman–Crippen MR) is 131 cm³/mol. The number of fused-ring (bicyclic) bond motifs is 5. The van der Waals surface area contributed by atoms with Crippen LogP contribution in [0.15, 0.2) is 12.2 Å². The molecule has 2 bridgehead atoms. The van der Waals surface area contributed by atoms with Crippen LogP contribution in [0.4, 0.5) is 13.2 Å². The van der Waals surface area contributed by atoms with E-state index in [0.717, 1.165) is 12.8 Å². The number of nitrogens with one attached hydrogen (secondary N) is 2. The van der Waals surface area contributed by atoms with Crippen LogP contribution in [0.5, 0.6) is 0 Å². The molecule has 4 amide bonds. The Balaban J connectivity index is 1.48. The summed E-state index contributed by atoms with van der Waals surface area (Å²) in [6, 6.07) is -1.20. The summed E-state index contributed by atoms with van der Waals surface area (Å²) in [7, 11) is 0. The zero-order valence-corrected chi connectivity index (χ0v) is 22.3. The molecule has 5 rings (SSSR count). The molecule has 5 aliphatic rings. The molecule has 4 fully saturated rings. The highest BCUT2D eigenvalue weighted by molar-refractivity contribution is 5.95. The van der Waals surface area contributed by atoms with E-state index in [1.807, 2.05) is 11.4 Å². The molecule has 3 aliphatic heterocycles. The molecule has 9 nitrogen and oxygen atoms in total. The average Bonchev–Trinajstić information content (AvgIpc) is 3.62. The van der Waals surface area contributed by atoms with Gasteiger partial charge in [0.15, 0.2) is 0 Å². The van der Waals surface area contributed by atoms with E-state index in [1.165, 1.54) is 9.80 Å². The third kappa shape index (κ3) is 4.47. The summed E-state index contributed by atoms with van der Waals surface area (Å²) >= 11 is 0. The largest absolute Gasteiger partial charge is 0.471 e. The summed E-state index contributed by atoms with van der Waals surface area (Å²) in [5.74, 6) is -3.72. The first kappa shape index (κ1) is 27.5. The third-order valence-electron chi connectivity index (χ3n) is 9.44. The van der Waals surface area contributed by atoms with Gasteiger partial charge in [0.2, 0.25) is 17.7 Å². The van der Waals surface area contributed by atoms with Gasteiger partial charge < -0.3 is 20.4 Å². The van der Waals surface area contributed by atoms with Crippen molar-refractivity contribution >= 4 is 23.6 Å². The molecular weight excluding hydrogens is 515 g/mol. The average molecular weight is 550 g/mol. The van der Waals surface area contributed by atoms with Gasteiger partial charge in [0, 0.05) is 19.6 Å². The molecule has 2 aliphatic carbocycles.